The Morgan fingerprint density at radius 3 is 2.33 bits per heavy atom. The van der Waals surface area contributed by atoms with Gasteiger partial charge in [-0.05, 0) is 18.4 Å². The quantitative estimate of drug-likeness (QED) is 0.910. The first-order valence-electron chi connectivity index (χ1n) is 5.80. The van der Waals surface area contributed by atoms with Crippen LogP contribution in [0.5, 0.6) is 0 Å². The molecule has 1 heterocycles. The lowest BCUT2D eigenvalue weighted by molar-refractivity contribution is 0.0696. The molecule has 2 aromatic rings. The van der Waals surface area contributed by atoms with Gasteiger partial charge in [-0.25, -0.2) is 9.78 Å². The van der Waals surface area contributed by atoms with Crippen LogP contribution in [0.15, 0.2) is 24.3 Å². The van der Waals surface area contributed by atoms with Crippen molar-refractivity contribution >= 4 is 17.3 Å². The molecule has 0 aliphatic rings. The van der Waals surface area contributed by atoms with Gasteiger partial charge in [-0.1, -0.05) is 38.1 Å². The zero-order chi connectivity index (χ0) is 13.3. The average molecular weight is 261 g/mol. The van der Waals surface area contributed by atoms with Crippen molar-refractivity contribution in [2.24, 2.45) is 0 Å². The van der Waals surface area contributed by atoms with Crippen LogP contribution in [0.3, 0.4) is 0 Å². The van der Waals surface area contributed by atoms with Gasteiger partial charge in [0.1, 0.15) is 0 Å². The Morgan fingerprint density at radius 1 is 1.28 bits per heavy atom. The third-order valence-corrected chi connectivity index (χ3v) is 3.79. The first-order valence-corrected chi connectivity index (χ1v) is 6.61. The molecular weight excluding hydrogens is 246 g/mol. The smallest absolute Gasteiger partial charge is 0.365 e. The molecule has 0 saturated heterocycles. The minimum absolute atomic E-state index is 0.149. The Morgan fingerprint density at radius 2 is 1.89 bits per heavy atom. The molecule has 0 spiro atoms. The number of thiazole rings is 1. The highest BCUT2D eigenvalue weighted by Gasteiger charge is 2.14. The first-order chi connectivity index (χ1) is 8.49. The Kier molecular flexibility index (Phi) is 3.48. The van der Waals surface area contributed by atoms with Crippen LogP contribution < -0.4 is 0 Å². The van der Waals surface area contributed by atoms with Crippen LogP contribution in [0.1, 0.15) is 40.0 Å². The van der Waals surface area contributed by atoms with Gasteiger partial charge >= 0.3 is 5.97 Å². The highest BCUT2D eigenvalue weighted by atomic mass is 32.1. The van der Waals surface area contributed by atoms with E-state index >= 15 is 0 Å². The maximum Gasteiger partial charge on any atom is 0.365 e. The molecule has 0 radical (unpaired) electrons. The molecule has 0 atom stereocenters. The molecule has 0 bridgehead atoms. The number of aromatic carboxylic acids is 1. The summed E-state index contributed by atoms with van der Waals surface area (Å²) in [6.07, 6.45) is 0. The molecule has 0 fully saturated rings. The summed E-state index contributed by atoms with van der Waals surface area (Å²) in [5.74, 6) is -0.474. The zero-order valence-corrected chi connectivity index (χ0v) is 11.4. The molecule has 0 unspecified atom stereocenters. The second kappa shape index (κ2) is 4.90. The van der Waals surface area contributed by atoms with Crippen molar-refractivity contribution in [3.63, 3.8) is 0 Å². The van der Waals surface area contributed by atoms with Gasteiger partial charge in [0, 0.05) is 10.4 Å². The summed E-state index contributed by atoms with van der Waals surface area (Å²) >= 11 is 1.22. The number of hydrogen-bond acceptors (Lipinski definition) is 3. The molecule has 0 aliphatic carbocycles. The molecular formula is C14H15NO2S. The van der Waals surface area contributed by atoms with E-state index in [4.69, 9.17) is 5.11 Å². The summed E-state index contributed by atoms with van der Waals surface area (Å²) in [7, 11) is 0. The molecule has 94 valence electrons. The summed E-state index contributed by atoms with van der Waals surface area (Å²) in [6, 6.07) is 8.14. The SMILES string of the molecule is Cc1sc(C(=O)O)nc1-c1ccc(C(C)C)cc1. The number of carbonyl (C=O) groups is 1. The van der Waals surface area contributed by atoms with E-state index in [0.717, 1.165) is 16.1 Å². The van der Waals surface area contributed by atoms with Crippen molar-refractivity contribution in [1.82, 2.24) is 4.98 Å². The fourth-order valence-corrected chi connectivity index (χ4v) is 2.56. The molecule has 4 heteroatoms. The van der Waals surface area contributed by atoms with E-state index in [-0.39, 0.29) is 5.01 Å². The monoisotopic (exact) mass is 261 g/mol. The summed E-state index contributed by atoms with van der Waals surface area (Å²) < 4.78 is 0. The molecule has 0 amide bonds. The summed E-state index contributed by atoms with van der Waals surface area (Å²) in [5, 5.41) is 9.08. The molecule has 1 N–H and O–H groups in total. The van der Waals surface area contributed by atoms with Gasteiger partial charge in [0.25, 0.3) is 0 Å². The van der Waals surface area contributed by atoms with Crippen LogP contribution in [-0.4, -0.2) is 16.1 Å². The van der Waals surface area contributed by atoms with Crippen LogP contribution in [0.4, 0.5) is 0 Å². The van der Waals surface area contributed by atoms with Crippen LogP contribution in [-0.2, 0) is 0 Å². The van der Waals surface area contributed by atoms with E-state index in [1.807, 2.05) is 19.1 Å². The first kappa shape index (κ1) is 12.8. The van der Waals surface area contributed by atoms with E-state index in [0.29, 0.717) is 5.92 Å². The largest absolute Gasteiger partial charge is 0.476 e. The Labute approximate surface area is 110 Å². The Balaban J connectivity index is 2.39. The number of aryl methyl sites for hydroxylation is 1. The third kappa shape index (κ3) is 2.43. The molecule has 3 nitrogen and oxygen atoms in total. The van der Waals surface area contributed by atoms with Crippen molar-refractivity contribution in [2.45, 2.75) is 26.7 Å². The van der Waals surface area contributed by atoms with Gasteiger partial charge in [-0.3, -0.25) is 0 Å². The van der Waals surface area contributed by atoms with Crippen molar-refractivity contribution in [3.8, 4) is 11.3 Å². The van der Waals surface area contributed by atoms with Crippen LogP contribution in [0.25, 0.3) is 11.3 Å². The highest BCUT2D eigenvalue weighted by Crippen LogP contribution is 2.28. The fraction of sp³-hybridized carbons (Fsp3) is 0.286. The number of nitrogens with zero attached hydrogens (tertiary/aromatic N) is 1. The Bertz CT molecular complexity index is 570. The van der Waals surface area contributed by atoms with E-state index in [1.54, 1.807) is 0 Å². The standard InChI is InChI=1S/C14H15NO2S/c1-8(2)10-4-6-11(7-5-10)12-9(3)18-13(15-12)14(16)17/h4-8H,1-3H3,(H,16,17). The van der Waals surface area contributed by atoms with Crippen LogP contribution in [0, 0.1) is 6.92 Å². The third-order valence-electron chi connectivity index (χ3n) is 2.83. The number of benzene rings is 1. The van der Waals surface area contributed by atoms with Crippen molar-refractivity contribution in [2.75, 3.05) is 0 Å². The molecule has 18 heavy (non-hydrogen) atoms. The maximum atomic E-state index is 10.9. The van der Waals surface area contributed by atoms with Gasteiger partial charge in [-0.2, -0.15) is 0 Å². The van der Waals surface area contributed by atoms with Crippen molar-refractivity contribution in [1.29, 1.82) is 0 Å². The number of carboxylic acid groups (broad SMARTS) is 1. The van der Waals surface area contributed by atoms with Gasteiger partial charge in [0.05, 0.1) is 5.69 Å². The van der Waals surface area contributed by atoms with Gasteiger partial charge in [0.15, 0.2) is 0 Å². The van der Waals surface area contributed by atoms with Crippen molar-refractivity contribution < 1.29 is 9.90 Å². The number of carboxylic acids is 1. The lowest BCUT2D eigenvalue weighted by atomic mass is 10.0. The van der Waals surface area contributed by atoms with E-state index in [2.05, 4.69) is 31.0 Å². The summed E-state index contributed by atoms with van der Waals surface area (Å²) in [4.78, 5) is 16.0. The number of hydrogen-bond donors (Lipinski definition) is 1. The highest BCUT2D eigenvalue weighted by molar-refractivity contribution is 7.13. The zero-order valence-electron chi connectivity index (χ0n) is 10.6. The van der Waals surface area contributed by atoms with E-state index in [9.17, 15) is 4.79 Å². The molecule has 0 saturated carbocycles. The van der Waals surface area contributed by atoms with Crippen molar-refractivity contribution in [3.05, 3.63) is 39.7 Å². The topological polar surface area (TPSA) is 50.2 Å². The molecule has 1 aromatic carbocycles. The number of aromatic nitrogens is 1. The normalized spacial score (nSPS) is 10.9. The summed E-state index contributed by atoms with van der Waals surface area (Å²) in [6.45, 7) is 6.19. The van der Waals surface area contributed by atoms with Gasteiger partial charge in [0.2, 0.25) is 5.01 Å². The molecule has 1 aromatic heterocycles. The minimum atomic E-state index is -0.965. The van der Waals surface area contributed by atoms with E-state index in [1.165, 1.54) is 16.9 Å². The Hall–Kier alpha value is -1.68. The predicted molar refractivity (Wildman–Crippen MR) is 73.3 cm³/mol. The minimum Gasteiger partial charge on any atom is -0.476 e. The predicted octanol–water partition coefficient (Wildman–Crippen LogP) is 3.94. The lowest BCUT2D eigenvalue weighted by Crippen LogP contribution is -1.94. The van der Waals surface area contributed by atoms with Crippen LogP contribution >= 0.6 is 11.3 Å². The number of rotatable bonds is 3. The van der Waals surface area contributed by atoms with Gasteiger partial charge < -0.3 is 5.11 Å². The second-order valence-electron chi connectivity index (χ2n) is 4.51. The average Bonchev–Trinajstić information content (AvgIpc) is 2.71. The van der Waals surface area contributed by atoms with Gasteiger partial charge in [-0.15, -0.1) is 11.3 Å². The maximum absolute atomic E-state index is 10.9. The van der Waals surface area contributed by atoms with Crippen LogP contribution in [0.2, 0.25) is 0 Å². The molecule has 0 aliphatic heterocycles. The summed E-state index contributed by atoms with van der Waals surface area (Å²) in [5.41, 5.74) is 3.01. The molecule has 2 rings (SSSR count). The van der Waals surface area contributed by atoms with E-state index < -0.39 is 5.97 Å². The lowest BCUT2D eigenvalue weighted by Gasteiger charge is -2.06. The fourth-order valence-electron chi connectivity index (χ4n) is 1.78. The second-order valence-corrected chi connectivity index (χ2v) is 5.71.